The van der Waals surface area contributed by atoms with Crippen LogP contribution in [0.2, 0.25) is 0 Å². The summed E-state index contributed by atoms with van der Waals surface area (Å²) in [6.45, 7) is 0.716. The van der Waals surface area contributed by atoms with Crippen molar-refractivity contribution in [3.63, 3.8) is 0 Å². The highest BCUT2D eigenvalue weighted by Crippen LogP contribution is 2.36. The van der Waals surface area contributed by atoms with Crippen LogP contribution in [0.4, 0.5) is 17.6 Å². The highest BCUT2D eigenvalue weighted by Gasteiger charge is 2.31. The number of nitrogens with one attached hydrogen (secondary N) is 2. The summed E-state index contributed by atoms with van der Waals surface area (Å²) in [5.41, 5.74) is 7.57. The fourth-order valence-electron chi connectivity index (χ4n) is 3.89. The zero-order valence-electron chi connectivity index (χ0n) is 14.9. The molecule has 140 valence electrons. The number of hydrogen-bond acceptors (Lipinski definition) is 6. The molecular formula is C18H22N8O. The number of nitrogens with two attached hydrogens (primary N) is 1. The molecule has 9 heteroatoms. The van der Waals surface area contributed by atoms with Crippen molar-refractivity contribution in [2.24, 2.45) is 5.73 Å². The lowest BCUT2D eigenvalue weighted by Gasteiger charge is -2.23. The van der Waals surface area contributed by atoms with E-state index in [0.717, 1.165) is 29.9 Å². The Kier molecular flexibility index (Phi) is 3.73. The maximum Gasteiger partial charge on any atom is 0.246 e. The van der Waals surface area contributed by atoms with Crippen LogP contribution in [0.5, 0.6) is 0 Å². The molecule has 0 unspecified atom stereocenters. The number of primary amides is 1. The van der Waals surface area contributed by atoms with Gasteiger partial charge in [0.05, 0.1) is 0 Å². The molecule has 0 bridgehead atoms. The third-order valence-electron chi connectivity index (χ3n) is 5.61. The van der Waals surface area contributed by atoms with Crippen LogP contribution in [0, 0.1) is 0 Å². The quantitative estimate of drug-likeness (QED) is 0.635. The number of fused-ring (bicyclic) bond motifs is 1. The normalized spacial score (nSPS) is 20.1. The SMILES string of the molecule is NC(=O)[C@@H]1CCCN1c1nc(Nc2cc(C3CCC3)[nH]n2)c2cccn2n1. The van der Waals surface area contributed by atoms with Gasteiger partial charge in [0.25, 0.3) is 0 Å². The first kappa shape index (κ1) is 16.1. The van der Waals surface area contributed by atoms with Gasteiger partial charge in [0.1, 0.15) is 11.6 Å². The summed E-state index contributed by atoms with van der Waals surface area (Å²) >= 11 is 0. The number of aromatic amines is 1. The minimum atomic E-state index is -0.360. The van der Waals surface area contributed by atoms with E-state index in [1.165, 1.54) is 19.3 Å². The number of carbonyl (C=O) groups excluding carboxylic acids is 1. The second-order valence-electron chi connectivity index (χ2n) is 7.31. The summed E-state index contributed by atoms with van der Waals surface area (Å²) in [5.74, 6) is 2.14. The molecule has 0 spiro atoms. The number of amides is 1. The molecule has 9 nitrogen and oxygen atoms in total. The third-order valence-corrected chi connectivity index (χ3v) is 5.61. The standard InChI is InChI=1S/C18H22N8O/c19-16(27)13-6-2-8-25(13)18-21-17(14-7-3-9-26(14)24-18)20-15-10-12(22-23-15)11-4-1-5-11/h3,7,9-11,13H,1-2,4-6,8H2,(H2,19,27)(H2,20,21,22,23,24)/t13-/m0/s1. The lowest BCUT2D eigenvalue weighted by atomic mass is 9.83. The van der Waals surface area contributed by atoms with E-state index in [1.807, 2.05) is 29.3 Å². The predicted molar refractivity (Wildman–Crippen MR) is 101 cm³/mol. The first-order valence-corrected chi connectivity index (χ1v) is 9.43. The van der Waals surface area contributed by atoms with Crippen molar-refractivity contribution in [2.45, 2.75) is 44.1 Å². The summed E-state index contributed by atoms with van der Waals surface area (Å²) < 4.78 is 1.76. The highest BCUT2D eigenvalue weighted by atomic mass is 16.1. The Hall–Kier alpha value is -3.10. The molecule has 0 aromatic carbocycles. The van der Waals surface area contributed by atoms with E-state index in [4.69, 9.17) is 10.7 Å². The van der Waals surface area contributed by atoms with Crippen LogP contribution >= 0.6 is 0 Å². The maximum absolute atomic E-state index is 11.8. The van der Waals surface area contributed by atoms with Gasteiger partial charge in [-0.3, -0.25) is 9.89 Å². The molecule has 1 saturated carbocycles. The number of anilines is 3. The number of hydrogen-bond donors (Lipinski definition) is 3. The van der Waals surface area contributed by atoms with Gasteiger partial charge in [-0.15, -0.1) is 5.10 Å². The largest absolute Gasteiger partial charge is 0.368 e. The Morgan fingerprint density at radius 2 is 2.19 bits per heavy atom. The fourth-order valence-corrected chi connectivity index (χ4v) is 3.89. The van der Waals surface area contributed by atoms with E-state index in [2.05, 4.69) is 20.6 Å². The van der Waals surface area contributed by atoms with Gasteiger partial charge in [-0.25, -0.2) is 4.52 Å². The van der Waals surface area contributed by atoms with Gasteiger partial charge < -0.3 is 16.0 Å². The van der Waals surface area contributed by atoms with Crippen molar-refractivity contribution in [1.29, 1.82) is 0 Å². The van der Waals surface area contributed by atoms with Crippen LogP contribution in [0.1, 0.15) is 43.7 Å². The molecule has 1 atom stereocenters. The lowest BCUT2D eigenvalue weighted by Crippen LogP contribution is -2.41. The second kappa shape index (κ2) is 6.26. The molecule has 1 aliphatic carbocycles. The molecule has 4 N–H and O–H groups in total. The number of carbonyl (C=O) groups is 1. The minimum Gasteiger partial charge on any atom is -0.368 e. The van der Waals surface area contributed by atoms with Crippen LogP contribution in [0.15, 0.2) is 24.4 Å². The van der Waals surface area contributed by atoms with Gasteiger partial charge in [0, 0.05) is 30.4 Å². The fraction of sp³-hybridized carbons (Fsp3) is 0.444. The molecule has 3 aromatic rings. The Morgan fingerprint density at radius 3 is 2.96 bits per heavy atom. The van der Waals surface area contributed by atoms with E-state index in [0.29, 0.717) is 24.2 Å². The van der Waals surface area contributed by atoms with Crippen LogP contribution < -0.4 is 16.0 Å². The molecule has 4 heterocycles. The van der Waals surface area contributed by atoms with Gasteiger partial charge in [0.15, 0.2) is 11.6 Å². The van der Waals surface area contributed by atoms with E-state index >= 15 is 0 Å². The second-order valence-corrected chi connectivity index (χ2v) is 7.31. The van der Waals surface area contributed by atoms with Crippen LogP contribution in [-0.4, -0.2) is 43.3 Å². The highest BCUT2D eigenvalue weighted by molar-refractivity contribution is 5.84. The molecule has 1 amide bonds. The Labute approximate surface area is 155 Å². The topological polar surface area (TPSA) is 117 Å². The molecule has 1 saturated heterocycles. The smallest absolute Gasteiger partial charge is 0.246 e. The summed E-state index contributed by atoms with van der Waals surface area (Å²) in [7, 11) is 0. The summed E-state index contributed by atoms with van der Waals surface area (Å²) in [6, 6.07) is 5.55. The summed E-state index contributed by atoms with van der Waals surface area (Å²) in [4.78, 5) is 18.3. The molecular weight excluding hydrogens is 344 g/mol. The van der Waals surface area contributed by atoms with Crippen molar-refractivity contribution in [3.8, 4) is 0 Å². The number of H-pyrrole nitrogens is 1. The molecule has 2 aliphatic rings. The maximum atomic E-state index is 11.8. The van der Waals surface area contributed by atoms with Crippen molar-refractivity contribution in [3.05, 3.63) is 30.1 Å². The zero-order valence-corrected chi connectivity index (χ0v) is 14.9. The predicted octanol–water partition coefficient (Wildman–Crippen LogP) is 1.92. The van der Waals surface area contributed by atoms with Gasteiger partial charge in [-0.2, -0.15) is 10.1 Å². The van der Waals surface area contributed by atoms with E-state index in [9.17, 15) is 4.79 Å². The molecule has 5 rings (SSSR count). The Balaban J connectivity index is 1.48. The average molecular weight is 366 g/mol. The van der Waals surface area contributed by atoms with Crippen molar-refractivity contribution < 1.29 is 4.79 Å². The monoisotopic (exact) mass is 366 g/mol. The van der Waals surface area contributed by atoms with Gasteiger partial charge in [-0.1, -0.05) is 6.42 Å². The zero-order chi connectivity index (χ0) is 18.4. The number of aromatic nitrogens is 5. The third kappa shape index (κ3) is 2.79. The van der Waals surface area contributed by atoms with E-state index in [1.54, 1.807) is 4.52 Å². The van der Waals surface area contributed by atoms with Crippen LogP contribution in [-0.2, 0) is 4.79 Å². The van der Waals surface area contributed by atoms with Crippen LogP contribution in [0.25, 0.3) is 5.52 Å². The van der Waals surface area contributed by atoms with Crippen LogP contribution in [0.3, 0.4) is 0 Å². The van der Waals surface area contributed by atoms with E-state index in [-0.39, 0.29) is 11.9 Å². The molecule has 1 aliphatic heterocycles. The Bertz CT molecular complexity index is 988. The Morgan fingerprint density at radius 1 is 1.30 bits per heavy atom. The summed E-state index contributed by atoms with van der Waals surface area (Å²) in [6.07, 6.45) is 7.20. The molecule has 27 heavy (non-hydrogen) atoms. The van der Waals surface area contributed by atoms with E-state index < -0.39 is 0 Å². The van der Waals surface area contributed by atoms with Crippen molar-refractivity contribution in [2.75, 3.05) is 16.8 Å². The lowest BCUT2D eigenvalue weighted by molar-refractivity contribution is -0.119. The first-order chi connectivity index (χ1) is 13.2. The molecule has 0 radical (unpaired) electrons. The summed E-state index contributed by atoms with van der Waals surface area (Å²) in [5, 5.41) is 15.4. The molecule has 3 aromatic heterocycles. The van der Waals surface area contributed by atoms with Crippen molar-refractivity contribution in [1.82, 2.24) is 24.8 Å². The van der Waals surface area contributed by atoms with Crippen molar-refractivity contribution >= 4 is 29.0 Å². The molecule has 2 fully saturated rings. The number of rotatable bonds is 5. The van der Waals surface area contributed by atoms with Gasteiger partial charge >= 0.3 is 0 Å². The minimum absolute atomic E-state index is 0.337. The van der Waals surface area contributed by atoms with Gasteiger partial charge in [0.2, 0.25) is 11.9 Å². The van der Waals surface area contributed by atoms with Gasteiger partial charge in [-0.05, 0) is 37.8 Å². The number of nitrogens with zero attached hydrogens (tertiary/aromatic N) is 5. The average Bonchev–Trinajstić information content (AvgIpc) is 3.33. The first-order valence-electron chi connectivity index (χ1n) is 9.43.